The second-order valence-electron chi connectivity index (χ2n) is 15.2. The summed E-state index contributed by atoms with van der Waals surface area (Å²) in [6.07, 6.45) is 41.8. The van der Waals surface area contributed by atoms with Crippen LogP contribution in [0.25, 0.3) is 0 Å². The zero-order valence-corrected chi connectivity index (χ0v) is 32.9. The topological polar surface area (TPSA) is 93.1 Å². The van der Waals surface area contributed by atoms with Crippen LogP contribution in [0.3, 0.4) is 0 Å². The lowest BCUT2D eigenvalue weighted by atomic mass is 9.92. The molecule has 0 spiro atoms. The van der Waals surface area contributed by atoms with Crippen LogP contribution in [0.4, 0.5) is 0 Å². The number of ether oxygens (including phenoxy) is 2. The van der Waals surface area contributed by atoms with Crippen molar-refractivity contribution in [2.45, 2.75) is 232 Å². The normalized spacial score (nSPS) is 11.7. The first-order chi connectivity index (χ1) is 24.0. The number of rotatable bonds is 40. The molecule has 0 unspecified atom stereocenters. The van der Waals surface area contributed by atoms with Gasteiger partial charge in [0.25, 0.3) is 0 Å². The third-order valence-electron chi connectivity index (χ3n) is 10.2. The minimum atomic E-state index is -1.16. The van der Waals surface area contributed by atoms with Gasteiger partial charge in [-0.2, -0.15) is 0 Å². The lowest BCUT2D eigenvalue weighted by Crippen LogP contribution is -2.41. The van der Waals surface area contributed by atoms with Crippen LogP contribution in [0.15, 0.2) is 0 Å². The number of hydrogen-bond donors (Lipinski definition) is 2. The summed E-state index contributed by atoms with van der Waals surface area (Å²) in [5.41, 5.74) is -1.16. The van der Waals surface area contributed by atoms with Gasteiger partial charge in [0.05, 0.1) is 18.6 Å². The number of hydrogen-bond acceptors (Lipinski definition) is 6. The Balaban J connectivity index is 3.70. The zero-order valence-electron chi connectivity index (χ0n) is 32.9. The summed E-state index contributed by atoms with van der Waals surface area (Å²) in [4.78, 5) is 24.6. The van der Waals surface area contributed by atoms with Crippen LogP contribution in [0.5, 0.6) is 0 Å². The quantitative estimate of drug-likeness (QED) is 0.0489. The van der Waals surface area contributed by atoms with Gasteiger partial charge in [0.2, 0.25) is 0 Å². The van der Waals surface area contributed by atoms with Crippen molar-refractivity contribution in [3.05, 3.63) is 0 Å². The van der Waals surface area contributed by atoms with E-state index in [0.29, 0.717) is 12.8 Å². The molecule has 292 valence electrons. The fourth-order valence-corrected chi connectivity index (χ4v) is 6.52. The average molecular weight is 697 g/mol. The summed E-state index contributed by atoms with van der Waals surface area (Å²) in [6.45, 7) is 3.41. The van der Waals surface area contributed by atoms with Gasteiger partial charge in [-0.3, -0.25) is 9.59 Å². The smallest absolute Gasteiger partial charge is 0.305 e. The van der Waals surface area contributed by atoms with E-state index < -0.39 is 18.6 Å². The molecule has 0 amide bonds. The molecule has 0 rings (SSSR count). The van der Waals surface area contributed by atoms with Gasteiger partial charge in [-0.25, -0.2) is 0 Å². The van der Waals surface area contributed by atoms with Gasteiger partial charge in [-0.05, 0) is 12.8 Å². The number of carbonyl (C=O) groups is 2. The Bertz CT molecular complexity index is 638. The molecule has 0 radical (unpaired) electrons. The van der Waals surface area contributed by atoms with Crippen molar-refractivity contribution in [3.8, 4) is 0 Å². The molecule has 0 heterocycles. The van der Waals surface area contributed by atoms with Gasteiger partial charge in [0.1, 0.15) is 13.2 Å². The van der Waals surface area contributed by atoms with Crippen molar-refractivity contribution < 1.29 is 29.3 Å². The number of unbranched alkanes of at least 4 members (excludes halogenated alkanes) is 30. The third kappa shape index (κ3) is 33.7. The molecular weight excluding hydrogens is 612 g/mol. The van der Waals surface area contributed by atoms with E-state index in [2.05, 4.69) is 13.8 Å². The van der Waals surface area contributed by atoms with Crippen LogP contribution in [0.1, 0.15) is 232 Å². The Morgan fingerprint density at radius 3 is 0.776 bits per heavy atom. The largest absolute Gasteiger partial charge is 0.465 e. The minimum Gasteiger partial charge on any atom is -0.465 e. The van der Waals surface area contributed by atoms with Gasteiger partial charge in [-0.1, -0.05) is 206 Å². The predicted octanol–water partition coefficient (Wildman–Crippen LogP) is 12.3. The standard InChI is InChI=1S/C43H84O6/c1-3-5-7-9-11-13-15-17-19-21-23-25-27-29-31-33-35-41(46)48-39-43(37-44,38-45)40-49-42(47)36-34-32-30-28-26-24-22-20-18-16-14-12-10-8-6-4-2/h44-45H,3-40H2,1-2H3. The predicted molar refractivity (Wildman–Crippen MR) is 207 cm³/mol. The highest BCUT2D eigenvalue weighted by atomic mass is 16.5. The summed E-state index contributed by atoms with van der Waals surface area (Å²) in [5.74, 6) is -0.646. The summed E-state index contributed by atoms with van der Waals surface area (Å²) in [5, 5.41) is 19.8. The third-order valence-corrected chi connectivity index (χ3v) is 10.2. The van der Waals surface area contributed by atoms with Crippen LogP contribution in [-0.4, -0.2) is 48.6 Å². The van der Waals surface area contributed by atoms with Crippen LogP contribution < -0.4 is 0 Å². The average Bonchev–Trinajstić information content (AvgIpc) is 3.11. The van der Waals surface area contributed by atoms with Crippen molar-refractivity contribution in [2.75, 3.05) is 26.4 Å². The Labute approximate surface area is 304 Å². The first-order valence-corrected chi connectivity index (χ1v) is 21.6. The van der Waals surface area contributed by atoms with Gasteiger partial charge in [-0.15, -0.1) is 0 Å². The molecule has 0 saturated carbocycles. The van der Waals surface area contributed by atoms with E-state index >= 15 is 0 Å². The van der Waals surface area contributed by atoms with Crippen molar-refractivity contribution >= 4 is 11.9 Å². The summed E-state index contributed by atoms with van der Waals surface area (Å²) < 4.78 is 10.8. The van der Waals surface area contributed by atoms with E-state index in [1.165, 1.54) is 167 Å². The van der Waals surface area contributed by atoms with Gasteiger partial charge in [0, 0.05) is 12.8 Å². The molecule has 0 aromatic heterocycles. The highest BCUT2D eigenvalue weighted by molar-refractivity contribution is 5.69. The lowest BCUT2D eigenvalue weighted by molar-refractivity contribution is -0.159. The highest BCUT2D eigenvalue weighted by Gasteiger charge is 2.33. The fourth-order valence-electron chi connectivity index (χ4n) is 6.52. The first-order valence-electron chi connectivity index (χ1n) is 21.6. The fraction of sp³-hybridized carbons (Fsp3) is 0.953. The lowest BCUT2D eigenvalue weighted by Gasteiger charge is -2.28. The Hall–Kier alpha value is -1.14. The molecule has 0 atom stereocenters. The van der Waals surface area contributed by atoms with E-state index in [-0.39, 0.29) is 25.2 Å². The van der Waals surface area contributed by atoms with Crippen molar-refractivity contribution in [2.24, 2.45) is 5.41 Å². The van der Waals surface area contributed by atoms with Crippen LogP contribution >= 0.6 is 0 Å². The molecule has 6 nitrogen and oxygen atoms in total. The summed E-state index contributed by atoms with van der Waals surface area (Å²) >= 11 is 0. The second kappa shape index (κ2) is 38.1. The van der Waals surface area contributed by atoms with E-state index in [1.807, 2.05) is 0 Å². The van der Waals surface area contributed by atoms with Crippen molar-refractivity contribution in [1.29, 1.82) is 0 Å². The molecule has 0 aliphatic rings. The molecule has 6 heteroatoms. The summed E-state index contributed by atoms with van der Waals surface area (Å²) in [6, 6.07) is 0. The molecule has 0 saturated heterocycles. The number of aliphatic hydroxyl groups is 2. The Morgan fingerprint density at radius 1 is 0.367 bits per heavy atom. The van der Waals surface area contributed by atoms with Gasteiger partial charge >= 0.3 is 11.9 Å². The SMILES string of the molecule is CCCCCCCCCCCCCCCCCCC(=O)OCC(CO)(CO)COC(=O)CCCCCCCCCCCCCCCCCC. The molecule has 0 aliphatic heterocycles. The second-order valence-corrected chi connectivity index (χ2v) is 15.2. The maximum atomic E-state index is 12.3. The molecular formula is C43H84O6. The first kappa shape index (κ1) is 47.9. The monoisotopic (exact) mass is 697 g/mol. The van der Waals surface area contributed by atoms with Crippen molar-refractivity contribution in [1.82, 2.24) is 0 Å². The maximum absolute atomic E-state index is 12.3. The van der Waals surface area contributed by atoms with Crippen LogP contribution in [0, 0.1) is 5.41 Å². The van der Waals surface area contributed by atoms with Crippen LogP contribution in [0.2, 0.25) is 0 Å². The molecule has 0 bridgehead atoms. The maximum Gasteiger partial charge on any atom is 0.305 e. The van der Waals surface area contributed by atoms with Crippen molar-refractivity contribution in [3.63, 3.8) is 0 Å². The zero-order chi connectivity index (χ0) is 35.9. The Kier molecular flexibility index (Phi) is 37.2. The van der Waals surface area contributed by atoms with Gasteiger partial charge in [0.15, 0.2) is 0 Å². The van der Waals surface area contributed by atoms with E-state index in [4.69, 9.17) is 9.47 Å². The number of esters is 2. The van der Waals surface area contributed by atoms with E-state index in [1.54, 1.807) is 0 Å². The van der Waals surface area contributed by atoms with Gasteiger partial charge < -0.3 is 19.7 Å². The van der Waals surface area contributed by atoms with E-state index in [0.717, 1.165) is 38.5 Å². The molecule has 0 aromatic rings. The molecule has 0 fully saturated rings. The molecule has 0 aliphatic carbocycles. The Morgan fingerprint density at radius 2 is 0.571 bits per heavy atom. The molecule has 49 heavy (non-hydrogen) atoms. The number of aliphatic hydroxyl groups excluding tert-OH is 2. The number of carbonyl (C=O) groups excluding carboxylic acids is 2. The molecule has 2 N–H and O–H groups in total. The summed E-state index contributed by atoms with van der Waals surface area (Å²) in [7, 11) is 0. The van der Waals surface area contributed by atoms with E-state index in [9.17, 15) is 19.8 Å². The molecule has 0 aromatic carbocycles. The minimum absolute atomic E-state index is 0.149. The van der Waals surface area contributed by atoms with Crippen LogP contribution in [-0.2, 0) is 19.1 Å². The highest BCUT2D eigenvalue weighted by Crippen LogP contribution is 2.20.